The molecular weight excluding hydrogens is 296 g/mol. The first kappa shape index (κ1) is 15.2. The van der Waals surface area contributed by atoms with Gasteiger partial charge in [0.25, 0.3) is 0 Å². The summed E-state index contributed by atoms with van der Waals surface area (Å²) in [6, 6.07) is 12.5. The maximum absolute atomic E-state index is 11.6. The van der Waals surface area contributed by atoms with Gasteiger partial charge >= 0.3 is 5.97 Å². The number of aryl methyl sites for hydroxylation is 1. The average Bonchev–Trinajstić information content (AvgIpc) is 3.20. The molecule has 0 amide bonds. The van der Waals surface area contributed by atoms with Crippen LogP contribution in [-0.2, 0) is 27.7 Å². The van der Waals surface area contributed by atoms with Crippen molar-refractivity contribution in [2.24, 2.45) is 7.05 Å². The van der Waals surface area contributed by atoms with Gasteiger partial charge in [0.15, 0.2) is 0 Å². The van der Waals surface area contributed by atoms with Crippen LogP contribution in [0.2, 0.25) is 0 Å². The molecule has 0 aliphatic heterocycles. The van der Waals surface area contributed by atoms with Crippen LogP contribution in [0, 0.1) is 0 Å². The smallest absolute Gasteiger partial charge is 0.306 e. The van der Waals surface area contributed by atoms with Gasteiger partial charge in [-0.1, -0.05) is 42.1 Å². The van der Waals surface area contributed by atoms with E-state index in [0.717, 1.165) is 29.3 Å². The lowest BCUT2D eigenvalue weighted by atomic mass is 9.98. The third-order valence-corrected chi connectivity index (χ3v) is 5.17. The Bertz CT molecular complexity index is 663. The Morgan fingerprint density at radius 3 is 2.73 bits per heavy atom. The molecule has 5 heteroatoms. The number of methoxy groups -OCH3 is 1. The Kier molecular flexibility index (Phi) is 4.25. The van der Waals surface area contributed by atoms with Gasteiger partial charge in [0.2, 0.25) is 0 Å². The highest BCUT2D eigenvalue weighted by atomic mass is 32.2. The van der Waals surface area contributed by atoms with Crippen molar-refractivity contribution >= 4 is 17.7 Å². The molecule has 0 bridgehead atoms. The van der Waals surface area contributed by atoms with Crippen LogP contribution in [0.4, 0.5) is 0 Å². The van der Waals surface area contributed by atoms with Crippen molar-refractivity contribution < 1.29 is 9.53 Å². The Balaban J connectivity index is 1.70. The second-order valence-electron chi connectivity index (χ2n) is 5.80. The number of carbonyl (C=O) groups excluding carboxylic acids is 1. The molecule has 3 rings (SSSR count). The van der Waals surface area contributed by atoms with E-state index >= 15 is 0 Å². The molecule has 0 atom stereocenters. The van der Waals surface area contributed by atoms with Crippen LogP contribution >= 0.6 is 11.8 Å². The van der Waals surface area contributed by atoms with E-state index in [1.807, 2.05) is 17.8 Å². The third kappa shape index (κ3) is 3.19. The number of benzene rings is 1. The summed E-state index contributed by atoms with van der Waals surface area (Å²) in [5, 5.41) is 5.60. The molecule has 2 aromatic rings. The van der Waals surface area contributed by atoms with Crippen LogP contribution in [0.3, 0.4) is 0 Å². The van der Waals surface area contributed by atoms with Crippen molar-refractivity contribution in [2.45, 2.75) is 35.5 Å². The number of hydrogen-bond donors (Lipinski definition) is 0. The van der Waals surface area contributed by atoms with E-state index in [1.54, 1.807) is 11.8 Å². The van der Waals surface area contributed by atoms with E-state index in [1.165, 1.54) is 12.7 Å². The molecule has 1 aliphatic rings. The summed E-state index contributed by atoms with van der Waals surface area (Å²) in [6.45, 7) is 0. The van der Waals surface area contributed by atoms with Gasteiger partial charge in [0.1, 0.15) is 5.03 Å². The summed E-state index contributed by atoms with van der Waals surface area (Å²) in [6.07, 6.45) is 2.51. The van der Waals surface area contributed by atoms with Gasteiger partial charge in [-0.3, -0.25) is 9.48 Å². The third-order valence-electron chi connectivity index (χ3n) is 4.19. The minimum Gasteiger partial charge on any atom is -0.469 e. The zero-order valence-electron chi connectivity index (χ0n) is 12.9. The first-order chi connectivity index (χ1) is 10.6. The highest BCUT2D eigenvalue weighted by Crippen LogP contribution is 2.51. The molecule has 0 spiro atoms. The summed E-state index contributed by atoms with van der Waals surface area (Å²) in [5.41, 5.74) is 2.38. The first-order valence-electron chi connectivity index (χ1n) is 7.41. The number of rotatable bonds is 6. The first-order valence-corrected chi connectivity index (χ1v) is 8.40. The zero-order chi connectivity index (χ0) is 15.6. The molecule has 116 valence electrons. The van der Waals surface area contributed by atoms with E-state index in [9.17, 15) is 4.79 Å². The monoisotopic (exact) mass is 316 g/mol. The SMILES string of the molecule is COC(=O)CC1(c2cc(SCc3ccccc3)nn2C)CC1. The summed E-state index contributed by atoms with van der Waals surface area (Å²) in [7, 11) is 3.40. The van der Waals surface area contributed by atoms with Gasteiger partial charge in [-0.15, -0.1) is 0 Å². The van der Waals surface area contributed by atoms with Crippen LogP contribution in [0.5, 0.6) is 0 Å². The van der Waals surface area contributed by atoms with Crippen LogP contribution in [0.1, 0.15) is 30.5 Å². The number of thioether (sulfide) groups is 1. The van der Waals surface area contributed by atoms with Gasteiger partial charge in [-0.05, 0) is 24.5 Å². The molecule has 1 aromatic carbocycles. The molecular formula is C17H20N2O2S. The van der Waals surface area contributed by atoms with Crippen LogP contribution < -0.4 is 0 Å². The number of aromatic nitrogens is 2. The van der Waals surface area contributed by atoms with Gasteiger partial charge in [0.05, 0.1) is 13.5 Å². The number of hydrogen-bond acceptors (Lipinski definition) is 4. The predicted octanol–water partition coefficient (Wildman–Crippen LogP) is 3.31. The quantitative estimate of drug-likeness (QED) is 0.606. The molecule has 0 radical (unpaired) electrons. The molecule has 1 aromatic heterocycles. The van der Waals surface area contributed by atoms with Gasteiger partial charge in [-0.25, -0.2) is 0 Å². The van der Waals surface area contributed by atoms with E-state index in [-0.39, 0.29) is 11.4 Å². The van der Waals surface area contributed by atoms with Gasteiger partial charge in [-0.2, -0.15) is 5.10 Å². The lowest BCUT2D eigenvalue weighted by molar-refractivity contribution is -0.141. The number of carbonyl (C=O) groups is 1. The lowest BCUT2D eigenvalue weighted by Gasteiger charge is -2.13. The fourth-order valence-electron chi connectivity index (χ4n) is 2.76. The Hall–Kier alpha value is -1.75. The van der Waals surface area contributed by atoms with Crippen LogP contribution in [0.15, 0.2) is 41.4 Å². The fraction of sp³-hybridized carbons (Fsp3) is 0.412. The standard InChI is InChI=1S/C17H20N2O2S/c1-19-14(17(8-9-17)11-16(20)21-2)10-15(18-19)22-12-13-6-4-3-5-7-13/h3-7,10H,8-9,11-12H2,1-2H3. The fourth-order valence-corrected chi connectivity index (χ4v) is 3.64. The minimum absolute atomic E-state index is 0.0552. The van der Waals surface area contributed by atoms with Crippen molar-refractivity contribution in [1.29, 1.82) is 0 Å². The lowest BCUT2D eigenvalue weighted by Crippen LogP contribution is -2.18. The molecule has 22 heavy (non-hydrogen) atoms. The summed E-state index contributed by atoms with van der Waals surface area (Å²) < 4.78 is 6.75. The Labute approximate surface area is 134 Å². The van der Waals surface area contributed by atoms with E-state index in [2.05, 4.69) is 35.4 Å². The predicted molar refractivity (Wildman–Crippen MR) is 86.8 cm³/mol. The van der Waals surface area contributed by atoms with E-state index in [0.29, 0.717) is 6.42 Å². The second kappa shape index (κ2) is 6.16. The number of ether oxygens (including phenoxy) is 1. The Morgan fingerprint density at radius 1 is 1.36 bits per heavy atom. The summed E-state index contributed by atoms with van der Waals surface area (Å²) in [5.74, 6) is 0.763. The maximum atomic E-state index is 11.6. The van der Waals surface area contributed by atoms with Gasteiger partial charge < -0.3 is 4.74 Å². The van der Waals surface area contributed by atoms with Gasteiger partial charge in [0, 0.05) is 23.9 Å². The summed E-state index contributed by atoms with van der Waals surface area (Å²) in [4.78, 5) is 11.6. The Morgan fingerprint density at radius 2 is 2.09 bits per heavy atom. The van der Waals surface area contributed by atoms with Crippen molar-refractivity contribution in [1.82, 2.24) is 9.78 Å². The molecule has 1 heterocycles. The highest BCUT2D eigenvalue weighted by molar-refractivity contribution is 7.98. The van der Waals surface area contributed by atoms with Crippen molar-refractivity contribution in [3.63, 3.8) is 0 Å². The molecule has 0 saturated heterocycles. The van der Waals surface area contributed by atoms with Crippen molar-refractivity contribution in [3.05, 3.63) is 47.7 Å². The maximum Gasteiger partial charge on any atom is 0.306 e. The topological polar surface area (TPSA) is 44.1 Å². The number of nitrogens with zero attached hydrogens (tertiary/aromatic N) is 2. The molecule has 0 unspecified atom stereocenters. The van der Waals surface area contributed by atoms with Crippen LogP contribution in [-0.4, -0.2) is 22.9 Å². The van der Waals surface area contributed by atoms with Crippen LogP contribution in [0.25, 0.3) is 0 Å². The van der Waals surface area contributed by atoms with E-state index in [4.69, 9.17) is 4.74 Å². The normalized spacial score (nSPS) is 15.5. The zero-order valence-corrected chi connectivity index (χ0v) is 13.7. The highest BCUT2D eigenvalue weighted by Gasteiger charge is 2.48. The van der Waals surface area contributed by atoms with E-state index < -0.39 is 0 Å². The molecule has 1 saturated carbocycles. The average molecular weight is 316 g/mol. The molecule has 1 aliphatic carbocycles. The second-order valence-corrected chi connectivity index (χ2v) is 6.79. The van der Waals surface area contributed by atoms with Crippen molar-refractivity contribution in [3.8, 4) is 0 Å². The molecule has 0 N–H and O–H groups in total. The molecule has 4 nitrogen and oxygen atoms in total. The van der Waals surface area contributed by atoms with Crippen molar-refractivity contribution in [2.75, 3.05) is 7.11 Å². The molecule has 1 fully saturated rings. The minimum atomic E-state index is -0.141. The largest absolute Gasteiger partial charge is 0.469 e. The number of esters is 1. The summed E-state index contributed by atoms with van der Waals surface area (Å²) >= 11 is 1.73.